The van der Waals surface area contributed by atoms with Gasteiger partial charge in [0.1, 0.15) is 0 Å². The van der Waals surface area contributed by atoms with Crippen molar-refractivity contribution in [3.8, 4) is 0 Å². The Morgan fingerprint density at radius 2 is 2.05 bits per heavy atom. The van der Waals surface area contributed by atoms with Crippen LogP contribution in [0.25, 0.3) is 0 Å². The molecule has 0 bridgehead atoms. The van der Waals surface area contributed by atoms with Crippen LogP contribution in [-0.4, -0.2) is 42.1 Å². The quantitative estimate of drug-likeness (QED) is 0.309. The summed E-state index contributed by atoms with van der Waals surface area (Å²) < 4.78 is 0. The normalized spacial score (nSPS) is 17.0. The Hall–Kier alpha value is -0.910. The summed E-state index contributed by atoms with van der Waals surface area (Å²) in [6, 6.07) is 7.86. The Bertz CT molecular complexity index is 489. The average Bonchev–Trinajstić information content (AvgIpc) is 2.49. The molecule has 0 saturated heterocycles. The summed E-state index contributed by atoms with van der Waals surface area (Å²) in [7, 11) is 0. The van der Waals surface area contributed by atoms with Gasteiger partial charge in [-0.05, 0) is 50.5 Å². The maximum Gasteiger partial charge on any atom is 0.191 e. The number of thioether (sulfide) groups is 1. The summed E-state index contributed by atoms with van der Waals surface area (Å²) in [4.78, 5) is 5.69. The lowest BCUT2D eigenvalue weighted by Crippen LogP contribution is -2.43. The first-order valence-electron chi connectivity index (χ1n) is 7.74. The molecule has 6 heteroatoms. The van der Waals surface area contributed by atoms with Crippen molar-refractivity contribution in [3.05, 3.63) is 29.3 Å². The zero-order valence-corrected chi connectivity index (χ0v) is 14.5. The Balaban J connectivity index is 1.71. The number of hydrogen-bond donors (Lipinski definition) is 3. The molecule has 22 heavy (non-hydrogen) atoms. The lowest BCUT2D eigenvalue weighted by Gasteiger charge is -2.35. The first kappa shape index (κ1) is 17.4. The van der Waals surface area contributed by atoms with Gasteiger partial charge in [-0.1, -0.05) is 11.6 Å². The molecule has 0 amide bonds. The van der Waals surface area contributed by atoms with Gasteiger partial charge in [-0.2, -0.15) is 0 Å². The third-order valence-corrected chi connectivity index (χ3v) is 4.90. The maximum absolute atomic E-state index is 10.1. The predicted octanol–water partition coefficient (Wildman–Crippen LogP) is 2.90. The highest BCUT2D eigenvalue weighted by Crippen LogP contribution is 2.31. The molecule has 1 saturated carbocycles. The van der Waals surface area contributed by atoms with E-state index in [9.17, 15) is 5.11 Å². The average molecular weight is 342 g/mol. The molecule has 1 aromatic rings. The van der Waals surface area contributed by atoms with Crippen molar-refractivity contribution in [3.63, 3.8) is 0 Å². The van der Waals surface area contributed by atoms with Crippen molar-refractivity contribution in [2.45, 2.75) is 36.7 Å². The van der Waals surface area contributed by atoms with Crippen molar-refractivity contribution in [1.29, 1.82) is 0 Å². The van der Waals surface area contributed by atoms with Crippen LogP contribution in [0.5, 0.6) is 0 Å². The van der Waals surface area contributed by atoms with Crippen LogP contribution < -0.4 is 10.6 Å². The van der Waals surface area contributed by atoms with Gasteiger partial charge in [0.2, 0.25) is 0 Å². The molecule has 0 radical (unpaired) electrons. The van der Waals surface area contributed by atoms with Crippen LogP contribution in [0.1, 0.15) is 26.2 Å². The number of hydrogen-bond acceptors (Lipinski definition) is 3. The first-order valence-corrected chi connectivity index (χ1v) is 9.11. The van der Waals surface area contributed by atoms with Crippen LogP contribution in [0.4, 0.5) is 0 Å². The van der Waals surface area contributed by atoms with E-state index in [-0.39, 0.29) is 0 Å². The standard InChI is InChI=1S/C16H24ClN3OS/c1-2-18-15(20-12-16(21)8-3-9-16)19-10-11-22-14-6-4-13(17)5-7-14/h4-7,21H,2-3,8-12H2,1H3,(H2,18,19,20). The van der Waals surface area contributed by atoms with Crippen LogP contribution in [0, 0.1) is 0 Å². The third-order valence-electron chi connectivity index (χ3n) is 3.64. The van der Waals surface area contributed by atoms with Crippen LogP contribution in [0.2, 0.25) is 5.02 Å². The largest absolute Gasteiger partial charge is 0.388 e. The summed E-state index contributed by atoms with van der Waals surface area (Å²) in [5.74, 6) is 1.72. The van der Waals surface area contributed by atoms with Gasteiger partial charge in [-0.25, -0.2) is 0 Å². The summed E-state index contributed by atoms with van der Waals surface area (Å²) in [6.45, 7) is 4.15. The fraction of sp³-hybridized carbons (Fsp3) is 0.562. The van der Waals surface area contributed by atoms with E-state index in [0.29, 0.717) is 6.54 Å². The molecule has 3 N–H and O–H groups in total. The molecule has 0 atom stereocenters. The molecular formula is C16H24ClN3OS. The summed E-state index contributed by atoms with van der Waals surface area (Å²) in [5, 5.41) is 17.4. The van der Waals surface area contributed by atoms with Gasteiger partial charge in [0, 0.05) is 28.8 Å². The van der Waals surface area contributed by atoms with Gasteiger partial charge in [0.15, 0.2) is 5.96 Å². The fourth-order valence-electron chi connectivity index (χ4n) is 2.18. The van der Waals surface area contributed by atoms with E-state index in [1.807, 2.05) is 31.2 Å². The molecule has 0 aliphatic heterocycles. The lowest BCUT2D eigenvalue weighted by molar-refractivity contribution is -0.0236. The second kappa shape index (κ2) is 8.65. The molecular weight excluding hydrogens is 318 g/mol. The first-order chi connectivity index (χ1) is 10.6. The van der Waals surface area contributed by atoms with E-state index in [0.717, 1.165) is 49.1 Å². The van der Waals surface area contributed by atoms with Gasteiger partial charge in [0.25, 0.3) is 0 Å². The Labute approximate surface area is 141 Å². The highest BCUT2D eigenvalue weighted by molar-refractivity contribution is 7.99. The summed E-state index contributed by atoms with van der Waals surface area (Å²) in [6.07, 6.45) is 2.83. The number of halogens is 1. The van der Waals surface area contributed by atoms with Crippen molar-refractivity contribution in [1.82, 2.24) is 10.6 Å². The number of guanidine groups is 1. The molecule has 4 nitrogen and oxygen atoms in total. The fourth-order valence-corrected chi connectivity index (χ4v) is 3.07. The number of aliphatic hydroxyl groups is 1. The summed E-state index contributed by atoms with van der Waals surface area (Å²) >= 11 is 7.65. The minimum Gasteiger partial charge on any atom is -0.388 e. The van der Waals surface area contributed by atoms with Gasteiger partial charge < -0.3 is 15.7 Å². The maximum atomic E-state index is 10.1. The molecule has 1 fully saturated rings. The van der Waals surface area contributed by atoms with Crippen LogP contribution >= 0.6 is 23.4 Å². The number of nitrogens with one attached hydrogen (secondary N) is 2. The second-order valence-corrected chi connectivity index (χ2v) is 7.11. The van der Waals surface area contributed by atoms with Crippen molar-refractivity contribution in [2.24, 2.45) is 4.99 Å². The van der Waals surface area contributed by atoms with E-state index in [4.69, 9.17) is 11.6 Å². The highest BCUT2D eigenvalue weighted by atomic mass is 35.5. The van der Waals surface area contributed by atoms with E-state index >= 15 is 0 Å². The van der Waals surface area contributed by atoms with E-state index in [1.54, 1.807) is 11.8 Å². The Kier molecular flexibility index (Phi) is 6.86. The minimum atomic E-state index is -0.569. The molecule has 0 aromatic heterocycles. The van der Waals surface area contributed by atoms with Gasteiger partial charge >= 0.3 is 0 Å². The van der Waals surface area contributed by atoms with Gasteiger partial charge in [0.05, 0.1) is 12.1 Å². The lowest BCUT2D eigenvalue weighted by atomic mass is 9.80. The van der Waals surface area contributed by atoms with E-state index in [1.165, 1.54) is 4.90 Å². The topological polar surface area (TPSA) is 56.7 Å². The SMILES string of the molecule is CCNC(=NCC1(O)CCC1)NCCSc1ccc(Cl)cc1. The Morgan fingerprint density at radius 1 is 1.32 bits per heavy atom. The minimum absolute atomic E-state index is 0.479. The zero-order chi connectivity index (χ0) is 15.8. The number of benzene rings is 1. The molecule has 122 valence electrons. The number of nitrogens with zero attached hydrogens (tertiary/aromatic N) is 1. The molecule has 1 aliphatic rings. The molecule has 0 heterocycles. The molecule has 0 spiro atoms. The van der Waals surface area contributed by atoms with Crippen molar-refractivity contribution < 1.29 is 5.11 Å². The molecule has 1 aliphatic carbocycles. The highest BCUT2D eigenvalue weighted by Gasteiger charge is 2.34. The smallest absolute Gasteiger partial charge is 0.191 e. The number of aliphatic imine (C=N–C) groups is 1. The predicted molar refractivity (Wildman–Crippen MR) is 95.0 cm³/mol. The molecule has 2 rings (SSSR count). The van der Waals surface area contributed by atoms with Crippen molar-refractivity contribution in [2.75, 3.05) is 25.4 Å². The van der Waals surface area contributed by atoms with Gasteiger partial charge in [-0.15, -0.1) is 11.8 Å². The zero-order valence-electron chi connectivity index (χ0n) is 12.9. The molecule has 1 aromatic carbocycles. The monoisotopic (exact) mass is 341 g/mol. The van der Waals surface area contributed by atoms with Crippen LogP contribution in [-0.2, 0) is 0 Å². The Morgan fingerprint density at radius 3 is 2.64 bits per heavy atom. The second-order valence-electron chi connectivity index (χ2n) is 5.50. The summed E-state index contributed by atoms with van der Waals surface area (Å²) in [5.41, 5.74) is -0.569. The van der Waals surface area contributed by atoms with Crippen LogP contribution in [0.15, 0.2) is 34.2 Å². The van der Waals surface area contributed by atoms with Crippen LogP contribution in [0.3, 0.4) is 0 Å². The third kappa shape index (κ3) is 5.71. The van der Waals surface area contributed by atoms with E-state index in [2.05, 4.69) is 15.6 Å². The van der Waals surface area contributed by atoms with E-state index < -0.39 is 5.60 Å². The molecule has 0 unspecified atom stereocenters. The van der Waals surface area contributed by atoms with Gasteiger partial charge in [-0.3, -0.25) is 4.99 Å². The number of rotatable bonds is 7. The van der Waals surface area contributed by atoms with Crippen molar-refractivity contribution >= 4 is 29.3 Å².